The van der Waals surface area contributed by atoms with Crippen molar-refractivity contribution in [2.45, 2.75) is 26.4 Å². The first kappa shape index (κ1) is 12.6. The molecule has 17 heavy (non-hydrogen) atoms. The highest BCUT2D eigenvalue weighted by Gasteiger charge is 2.41. The maximum atomic E-state index is 10.9. The lowest BCUT2D eigenvalue weighted by Crippen LogP contribution is -2.46. The summed E-state index contributed by atoms with van der Waals surface area (Å²) in [6, 6.07) is 8.10. The standard InChI is InChI=1S/C14H19NOS/c1-13(2,3)14(16,9-15)11-6-4-5-10-7-8-17-12(10)11/h4-8,16H,9,15H2,1-3H3. The predicted octanol–water partition coefficient (Wildman–Crippen LogP) is 3.09. The van der Waals surface area contributed by atoms with E-state index in [4.69, 9.17) is 5.73 Å². The molecule has 1 atom stereocenters. The first-order chi connectivity index (χ1) is 7.90. The van der Waals surface area contributed by atoms with Gasteiger partial charge in [-0.1, -0.05) is 39.0 Å². The molecule has 0 fully saturated rings. The van der Waals surface area contributed by atoms with Crippen LogP contribution in [0, 0.1) is 5.41 Å². The highest BCUT2D eigenvalue weighted by Crippen LogP contribution is 2.42. The number of fused-ring (bicyclic) bond motifs is 1. The molecule has 0 spiro atoms. The normalized spacial score (nSPS) is 16.1. The van der Waals surface area contributed by atoms with Crippen LogP contribution in [0.25, 0.3) is 10.1 Å². The summed E-state index contributed by atoms with van der Waals surface area (Å²) < 4.78 is 1.13. The highest BCUT2D eigenvalue weighted by atomic mass is 32.1. The molecule has 3 N–H and O–H groups in total. The van der Waals surface area contributed by atoms with Crippen LogP contribution in [0.4, 0.5) is 0 Å². The summed E-state index contributed by atoms with van der Waals surface area (Å²) in [4.78, 5) is 0. The molecule has 0 bridgehead atoms. The molecule has 92 valence electrons. The number of hydrogen-bond donors (Lipinski definition) is 2. The quantitative estimate of drug-likeness (QED) is 0.859. The van der Waals surface area contributed by atoms with E-state index in [0.717, 1.165) is 10.3 Å². The maximum Gasteiger partial charge on any atom is 0.108 e. The van der Waals surface area contributed by atoms with Gasteiger partial charge < -0.3 is 10.8 Å². The van der Waals surface area contributed by atoms with Gasteiger partial charge in [-0.25, -0.2) is 0 Å². The van der Waals surface area contributed by atoms with Crippen LogP contribution in [-0.4, -0.2) is 11.7 Å². The van der Waals surface area contributed by atoms with Gasteiger partial charge in [-0.15, -0.1) is 11.3 Å². The van der Waals surface area contributed by atoms with E-state index >= 15 is 0 Å². The van der Waals surface area contributed by atoms with Crippen molar-refractivity contribution < 1.29 is 5.11 Å². The predicted molar refractivity (Wildman–Crippen MR) is 74.2 cm³/mol. The molecular formula is C14H19NOS. The topological polar surface area (TPSA) is 46.2 Å². The Bertz CT molecular complexity index is 526. The van der Waals surface area contributed by atoms with Crippen molar-refractivity contribution in [1.82, 2.24) is 0 Å². The van der Waals surface area contributed by atoms with E-state index in [9.17, 15) is 5.11 Å². The number of benzene rings is 1. The van der Waals surface area contributed by atoms with Crippen molar-refractivity contribution in [1.29, 1.82) is 0 Å². The molecule has 0 aliphatic carbocycles. The van der Waals surface area contributed by atoms with E-state index in [1.54, 1.807) is 11.3 Å². The molecule has 3 heteroatoms. The molecular weight excluding hydrogens is 230 g/mol. The van der Waals surface area contributed by atoms with Crippen molar-refractivity contribution in [2.24, 2.45) is 11.1 Å². The van der Waals surface area contributed by atoms with E-state index in [-0.39, 0.29) is 12.0 Å². The number of hydrogen-bond acceptors (Lipinski definition) is 3. The molecule has 2 aromatic rings. The minimum Gasteiger partial charge on any atom is -0.383 e. The van der Waals surface area contributed by atoms with E-state index in [1.807, 2.05) is 38.3 Å². The maximum absolute atomic E-state index is 10.9. The molecule has 2 rings (SSSR count). The fourth-order valence-corrected chi connectivity index (χ4v) is 3.13. The molecule has 0 saturated heterocycles. The number of thiophene rings is 1. The third-order valence-corrected chi connectivity index (χ3v) is 4.42. The summed E-state index contributed by atoms with van der Waals surface area (Å²) in [6.07, 6.45) is 0. The molecule has 0 amide bonds. The monoisotopic (exact) mass is 249 g/mol. The van der Waals surface area contributed by atoms with Gasteiger partial charge in [-0.3, -0.25) is 0 Å². The Morgan fingerprint density at radius 1 is 1.24 bits per heavy atom. The Morgan fingerprint density at radius 3 is 2.53 bits per heavy atom. The van der Waals surface area contributed by atoms with E-state index in [1.165, 1.54) is 5.39 Å². The molecule has 2 nitrogen and oxygen atoms in total. The smallest absolute Gasteiger partial charge is 0.108 e. The van der Waals surface area contributed by atoms with Gasteiger partial charge in [0.05, 0.1) is 0 Å². The average Bonchev–Trinajstić information content (AvgIpc) is 2.73. The van der Waals surface area contributed by atoms with Gasteiger partial charge in [-0.2, -0.15) is 0 Å². The lowest BCUT2D eigenvalue weighted by Gasteiger charge is -2.40. The summed E-state index contributed by atoms with van der Waals surface area (Å²) in [5.41, 5.74) is 5.50. The van der Waals surface area contributed by atoms with Crippen molar-refractivity contribution >= 4 is 21.4 Å². The van der Waals surface area contributed by atoms with Gasteiger partial charge in [0.15, 0.2) is 0 Å². The van der Waals surface area contributed by atoms with E-state index in [0.29, 0.717) is 0 Å². The Balaban J connectivity index is 2.70. The summed E-state index contributed by atoms with van der Waals surface area (Å²) in [5.74, 6) is 0. The number of nitrogens with two attached hydrogens (primary N) is 1. The zero-order chi connectivity index (χ0) is 12.7. The molecule has 0 aliphatic rings. The van der Waals surface area contributed by atoms with E-state index in [2.05, 4.69) is 12.1 Å². The lowest BCUT2D eigenvalue weighted by atomic mass is 9.72. The number of aliphatic hydroxyl groups is 1. The number of rotatable bonds is 2. The Morgan fingerprint density at radius 2 is 1.94 bits per heavy atom. The zero-order valence-electron chi connectivity index (χ0n) is 10.5. The van der Waals surface area contributed by atoms with Crippen LogP contribution in [0.3, 0.4) is 0 Å². The zero-order valence-corrected chi connectivity index (χ0v) is 11.3. The highest BCUT2D eigenvalue weighted by molar-refractivity contribution is 7.17. The van der Waals surface area contributed by atoms with Crippen LogP contribution >= 0.6 is 11.3 Å². The van der Waals surface area contributed by atoms with Gasteiger partial charge in [0.1, 0.15) is 5.60 Å². The van der Waals surface area contributed by atoms with Gasteiger partial charge in [0.25, 0.3) is 0 Å². The third-order valence-electron chi connectivity index (χ3n) is 3.46. The van der Waals surface area contributed by atoms with Crippen LogP contribution in [-0.2, 0) is 5.60 Å². The average molecular weight is 249 g/mol. The lowest BCUT2D eigenvalue weighted by molar-refractivity contribution is -0.0543. The molecule has 1 aromatic heterocycles. The van der Waals surface area contributed by atoms with Gasteiger partial charge in [-0.05, 0) is 22.2 Å². The molecule has 1 aromatic carbocycles. The second kappa shape index (κ2) is 4.09. The second-order valence-electron chi connectivity index (χ2n) is 5.46. The van der Waals surface area contributed by atoms with Crippen LogP contribution in [0.1, 0.15) is 26.3 Å². The van der Waals surface area contributed by atoms with Crippen molar-refractivity contribution in [3.8, 4) is 0 Å². The minimum atomic E-state index is -0.989. The van der Waals surface area contributed by atoms with Crippen molar-refractivity contribution in [3.05, 3.63) is 35.2 Å². The molecule has 0 saturated carbocycles. The van der Waals surface area contributed by atoms with Gasteiger partial charge >= 0.3 is 0 Å². The first-order valence-corrected chi connectivity index (χ1v) is 6.67. The van der Waals surface area contributed by atoms with Crippen LogP contribution in [0.15, 0.2) is 29.6 Å². The van der Waals surface area contributed by atoms with Crippen LogP contribution in [0.5, 0.6) is 0 Å². The Hall–Kier alpha value is -0.900. The Kier molecular flexibility index (Phi) is 3.02. The fourth-order valence-electron chi connectivity index (χ4n) is 2.14. The summed E-state index contributed by atoms with van der Waals surface area (Å²) in [7, 11) is 0. The first-order valence-electron chi connectivity index (χ1n) is 5.79. The second-order valence-corrected chi connectivity index (χ2v) is 6.38. The summed E-state index contributed by atoms with van der Waals surface area (Å²) in [5, 5.41) is 14.1. The van der Waals surface area contributed by atoms with Crippen molar-refractivity contribution in [3.63, 3.8) is 0 Å². The minimum absolute atomic E-state index is 0.230. The van der Waals surface area contributed by atoms with Gasteiger partial charge in [0, 0.05) is 16.8 Å². The third kappa shape index (κ3) is 1.88. The van der Waals surface area contributed by atoms with E-state index < -0.39 is 5.60 Å². The van der Waals surface area contributed by atoms with Gasteiger partial charge in [0.2, 0.25) is 0 Å². The molecule has 1 unspecified atom stereocenters. The van der Waals surface area contributed by atoms with Crippen molar-refractivity contribution in [2.75, 3.05) is 6.54 Å². The Labute approximate surface area is 106 Å². The molecule has 1 heterocycles. The summed E-state index contributed by atoms with van der Waals surface area (Å²) in [6.45, 7) is 6.29. The fraction of sp³-hybridized carbons (Fsp3) is 0.429. The summed E-state index contributed by atoms with van der Waals surface area (Å²) >= 11 is 1.66. The largest absolute Gasteiger partial charge is 0.383 e. The molecule has 0 aliphatic heterocycles. The van der Waals surface area contributed by atoms with Crippen LogP contribution < -0.4 is 5.73 Å². The molecule has 0 radical (unpaired) electrons. The SMILES string of the molecule is CC(C)(C)C(O)(CN)c1cccc2ccsc12. The van der Waals surface area contributed by atoms with Crippen LogP contribution in [0.2, 0.25) is 0 Å².